The van der Waals surface area contributed by atoms with Crippen LogP contribution in [0.2, 0.25) is 0 Å². The number of piperidine rings is 3. The minimum Gasteiger partial charge on any atom is -1.00 e. The Kier molecular flexibility index (Phi) is 7.80. The molecule has 4 fully saturated rings. The highest BCUT2D eigenvalue weighted by atomic mass is 79.9. The molecule has 2 N–H and O–H groups in total. The van der Waals surface area contributed by atoms with E-state index in [0.717, 1.165) is 25.9 Å². The molecule has 1 saturated carbocycles. The maximum Gasteiger partial charge on any atom is 0.344 e. The van der Waals surface area contributed by atoms with Crippen LogP contribution in [0.4, 0.5) is 14.6 Å². The highest BCUT2D eigenvalue weighted by molar-refractivity contribution is 7.10. The molecule has 12 heteroatoms. The van der Waals surface area contributed by atoms with Crippen LogP contribution in [0.1, 0.15) is 37.0 Å². The zero-order chi connectivity index (χ0) is 24.7. The third kappa shape index (κ3) is 5.32. The molecule has 2 aromatic rings. The summed E-state index contributed by atoms with van der Waals surface area (Å²) < 4.78 is 34.5. The van der Waals surface area contributed by atoms with Gasteiger partial charge in [-0.25, -0.2) is 23.5 Å². The largest absolute Gasteiger partial charge is 1.00 e. The van der Waals surface area contributed by atoms with Gasteiger partial charge in [0.25, 0.3) is 5.91 Å². The monoisotopic (exact) mass is 586 g/mol. The molecule has 2 bridgehead atoms. The second kappa shape index (κ2) is 10.4. The van der Waals surface area contributed by atoms with Gasteiger partial charge in [-0.2, -0.15) is 0 Å². The first kappa shape index (κ1) is 27.0. The lowest BCUT2D eigenvalue weighted by Crippen LogP contribution is -3.00. The summed E-state index contributed by atoms with van der Waals surface area (Å²) in [6, 6.07) is 4.91. The number of alkyl halides is 2. The summed E-state index contributed by atoms with van der Waals surface area (Å²) in [6.45, 7) is 2.25. The Hall–Kier alpha value is -2.02. The predicted octanol–water partition coefficient (Wildman–Crippen LogP) is -0.0440. The standard InChI is InChI=1S/C24H28F2N4O4S.BrH/c25-23(26)7-3-17(12-23)24(33,19-2-1-11-35-19)22(32)34-18-13-30(9-5-16(18)6-10-30)14-21(31)29-20-4-8-27-15-28-20;/h1-2,4,8,11,15-18,33H,3,5-7,9-10,12-14H2;1H/t16?,17?,18?,24-,30?;/m0./s1. The smallest absolute Gasteiger partial charge is 0.344 e. The predicted molar refractivity (Wildman–Crippen MR) is 123 cm³/mol. The van der Waals surface area contributed by atoms with E-state index in [2.05, 4.69) is 15.3 Å². The second-order valence-electron chi connectivity index (χ2n) is 10.1. The Morgan fingerprint density at radius 3 is 2.67 bits per heavy atom. The summed E-state index contributed by atoms with van der Waals surface area (Å²) in [5.74, 6) is -4.30. The minimum absolute atomic E-state index is 0. The van der Waals surface area contributed by atoms with Gasteiger partial charge in [0.2, 0.25) is 5.92 Å². The van der Waals surface area contributed by atoms with E-state index < -0.39 is 35.9 Å². The third-order valence-corrected chi connectivity index (χ3v) is 8.83. The molecular weight excluding hydrogens is 558 g/mol. The van der Waals surface area contributed by atoms with Crippen LogP contribution in [0.3, 0.4) is 0 Å². The Labute approximate surface area is 222 Å². The van der Waals surface area contributed by atoms with Gasteiger partial charge in [-0.1, -0.05) is 6.07 Å². The fourth-order valence-electron chi connectivity index (χ4n) is 5.93. The maximum atomic E-state index is 14.0. The Morgan fingerprint density at radius 1 is 1.28 bits per heavy atom. The number of amides is 1. The van der Waals surface area contributed by atoms with Crippen LogP contribution in [-0.2, 0) is 19.9 Å². The number of carbonyl (C=O) groups excluding carboxylic acids is 2. The normalized spacial score (nSPS) is 30.1. The number of halogens is 3. The first-order valence-electron chi connectivity index (χ1n) is 12.0. The Morgan fingerprint density at radius 2 is 2.06 bits per heavy atom. The number of carbonyl (C=O) groups is 2. The molecule has 0 spiro atoms. The molecule has 0 radical (unpaired) electrons. The van der Waals surface area contributed by atoms with Crippen LogP contribution in [0.15, 0.2) is 36.1 Å². The van der Waals surface area contributed by atoms with E-state index in [1.54, 1.807) is 29.8 Å². The van der Waals surface area contributed by atoms with Crippen molar-refractivity contribution in [2.24, 2.45) is 11.8 Å². The number of nitrogens with one attached hydrogen (secondary N) is 1. The van der Waals surface area contributed by atoms with Crippen LogP contribution in [0.5, 0.6) is 0 Å². The molecule has 0 aromatic carbocycles. The maximum absolute atomic E-state index is 14.0. The van der Waals surface area contributed by atoms with Crippen LogP contribution in [-0.4, -0.2) is 69.6 Å². The number of esters is 1. The highest BCUT2D eigenvalue weighted by Gasteiger charge is 2.57. The summed E-state index contributed by atoms with van der Waals surface area (Å²) in [5, 5.41) is 16.1. The second-order valence-corrected chi connectivity index (χ2v) is 11.0. The summed E-state index contributed by atoms with van der Waals surface area (Å²) >= 11 is 1.17. The van der Waals surface area contributed by atoms with Crippen LogP contribution < -0.4 is 22.3 Å². The molecule has 6 rings (SSSR count). The van der Waals surface area contributed by atoms with E-state index in [9.17, 15) is 23.5 Å². The van der Waals surface area contributed by atoms with Gasteiger partial charge in [0.1, 0.15) is 18.7 Å². The molecule has 2 aromatic heterocycles. The fraction of sp³-hybridized carbons (Fsp3) is 0.583. The lowest BCUT2D eigenvalue weighted by atomic mass is 9.82. The zero-order valence-corrected chi connectivity index (χ0v) is 22.0. The number of hydrogen-bond donors (Lipinski definition) is 2. The number of ether oxygens (including phenoxy) is 1. The third-order valence-electron chi connectivity index (χ3n) is 7.83. The van der Waals surface area contributed by atoms with Crippen molar-refractivity contribution in [3.63, 3.8) is 0 Å². The van der Waals surface area contributed by atoms with Crippen molar-refractivity contribution in [3.05, 3.63) is 41.0 Å². The highest BCUT2D eigenvalue weighted by Crippen LogP contribution is 2.49. The summed E-state index contributed by atoms with van der Waals surface area (Å²) in [7, 11) is 0. The summed E-state index contributed by atoms with van der Waals surface area (Å²) in [4.78, 5) is 34.4. The van der Waals surface area contributed by atoms with Gasteiger partial charge in [-0.05, 0) is 23.9 Å². The van der Waals surface area contributed by atoms with E-state index in [1.165, 1.54) is 17.7 Å². The molecule has 36 heavy (non-hydrogen) atoms. The molecule has 1 aliphatic carbocycles. The molecule has 3 saturated heterocycles. The number of nitrogens with zero attached hydrogens (tertiary/aromatic N) is 3. The molecular formula is C24H29BrF2N4O4S. The summed E-state index contributed by atoms with van der Waals surface area (Å²) in [5.41, 5.74) is -2.10. The Balaban J connectivity index is 0.00000304. The fourth-order valence-corrected chi connectivity index (χ4v) is 6.82. The van der Waals surface area contributed by atoms with Gasteiger partial charge in [0.05, 0.1) is 13.1 Å². The van der Waals surface area contributed by atoms with Gasteiger partial charge in [-0.3, -0.25) is 4.79 Å². The zero-order valence-electron chi connectivity index (χ0n) is 19.6. The van der Waals surface area contributed by atoms with Crippen molar-refractivity contribution in [3.8, 4) is 0 Å². The van der Waals surface area contributed by atoms with Crippen molar-refractivity contribution in [2.75, 3.05) is 31.5 Å². The molecule has 196 valence electrons. The number of fused-ring (bicyclic) bond motifs is 3. The van der Waals surface area contributed by atoms with Gasteiger partial charge >= 0.3 is 5.97 Å². The van der Waals surface area contributed by atoms with Crippen molar-refractivity contribution in [1.29, 1.82) is 0 Å². The number of aromatic nitrogens is 2. The molecule has 4 aliphatic rings. The first-order chi connectivity index (χ1) is 16.7. The number of thiophene rings is 1. The number of aliphatic hydroxyl groups is 1. The molecule has 8 nitrogen and oxygen atoms in total. The quantitative estimate of drug-likeness (QED) is 0.349. The van der Waals surface area contributed by atoms with E-state index in [4.69, 9.17) is 4.74 Å². The van der Waals surface area contributed by atoms with Crippen LogP contribution in [0.25, 0.3) is 0 Å². The van der Waals surface area contributed by atoms with Gasteiger partial charge in [0, 0.05) is 48.6 Å². The molecule has 1 amide bonds. The number of hydrogen-bond acceptors (Lipinski definition) is 7. The van der Waals surface area contributed by atoms with E-state index in [0.29, 0.717) is 21.7 Å². The molecule has 2 unspecified atom stereocenters. The molecule has 3 aliphatic heterocycles. The van der Waals surface area contributed by atoms with Gasteiger partial charge in [0.15, 0.2) is 18.2 Å². The van der Waals surface area contributed by atoms with Crippen molar-refractivity contribution < 1.29 is 49.7 Å². The average Bonchev–Trinajstić information content (AvgIpc) is 3.50. The van der Waals surface area contributed by atoms with Crippen molar-refractivity contribution in [1.82, 2.24) is 9.97 Å². The van der Waals surface area contributed by atoms with Crippen LogP contribution >= 0.6 is 11.3 Å². The number of anilines is 1. The molecule has 5 heterocycles. The van der Waals surface area contributed by atoms with E-state index in [1.807, 2.05) is 0 Å². The average molecular weight is 587 g/mol. The summed E-state index contributed by atoms with van der Waals surface area (Å²) in [6.07, 6.45) is 3.15. The first-order valence-corrected chi connectivity index (χ1v) is 12.8. The lowest BCUT2D eigenvalue weighted by Gasteiger charge is -2.51. The number of quaternary nitrogens is 1. The van der Waals surface area contributed by atoms with Crippen molar-refractivity contribution >= 4 is 29.0 Å². The Bertz CT molecular complexity index is 1070. The van der Waals surface area contributed by atoms with E-state index in [-0.39, 0.29) is 48.2 Å². The van der Waals surface area contributed by atoms with E-state index >= 15 is 0 Å². The lowest BCUT2D eigenvalue weighted by molar-refractivity contribution is -0.939. The van der Waals surface area contributed by atoms with Crippen molar-refractivity contribution in [2.45, 2.75) is 49.7 Å². The topological polar surface area (TPSA) is 101 Å². The van der Waals surface area contributed by atoms with Gasteiger partial charge < -0.3 is 36.6 Å². The van der Waals surface area contributed by atoms with Crippen LogP contribution in [0, 0.1) is 11.8 Å². The number of rotatable bonds is 7. The molecule has 3 atom stereocenters. The SMILES string of the molecule is O=C(C[N+]12CCC(CC1)C(OC(=O)[C@@](O)(c1cccs1)C1CCC(F)(F)C1)C2)Nc1ccncn1.[Br-]. The van der Waals surface area contributed by atoms with Gasteiger partial charge in [-0.15, -0.1) is 11.3 Å². The minimum atomic E-state index is -2.90.